The molecular weight excluding hydrogens is 398 g/mol. The van der Waals surface area contributed by atoms with Gasteiger partial charge in [0.05, 0.1) is 19.5 Å². The second-order valence-corrected chi connectivity index (χ2v) is 7.77. The molecule has 0 saturated carbocycles. The highest BCUT2D eigenvalue weighted by Gasteiger charge is 2.61. The third-order valence-electron chi connectivity index (χ3n) is 5.55. The first kappa shape index (κ1) is 18.7. The molecule has 2 aromatic heterocycles. The molecule has 4 atom stereocenters. The van der Waals surface area contributed by atoms with Gasteiger partial charge in [-0.25, -0.2) is 4.98 Å². The molecule has 2 saturated heterocycles. The Morgan fingerprint density at radius 1 is 1.31 bits per heavy atom. The number of ether oxygens (including phenoxy) is 2. The van der Waals surface area contributed by atoms with Gasteiger partial charge in [-0.3, -0.25) is 4.57 Å². The Bertz CT molecular complexity index is 1050. The fraction of sp³-hybridized carbons (Fsp3) is 0.421. The molecule has 5 rings (SSSR count). The van der Waals surface area contributed by atoms with Crippen molar-refractivity contribution in [3.8, 4) is 0 Å². The number of nitrogens with zero attached hydrogens (tertiary/aromatic N) is 5. The van der Waals surface area contributed by atoms with Crippen molar-refractivity contribution in [3.63, 3.8) is 0 Å². The summed E-state index contributed by atoms with van der Waals surface area (Å²) < 4.78 is 13.3. The number of aromatic nitrogens is 4. The summed E-state index contributed by atoms with van der Waals surface area (Å²) in [6.45, 7) is 0.419. The third-order valence-corrected chi connectivity index (χ3v) is 5.72. The lowest BCUT2D eigenvalue weighted by Gasteiger charge is -2.29. The molecule has 152 valence electrons. The zero-order valence-corrected chi connectivity index (χ0v) is 16.4. The minimum Gasteiger partial charge on any atom is -0.393 e. The molecule has 0 radical (unpaired) electrons. The molecular formula is C19H20ClN5O4. The number of imidazole rings is 1. The van der Waals surface area contributed by atoms with Crippen molar-refractivity contribution in [2.24, 2.45) is 0 Å². The second kappa shape index (κ2) is 6.89. The maximum atomic E-state index is 10.5. The molecule has 0 aliphatic carbocycles. The van der Waals surface area contributed by atoms with E-state index >= 15 is 0 Å². The summed E-state index contributed by atoms with van der Waals surface area (Å²) in [7, 11) is 1.91. The predicted octanol–water partition coefficient (Wildman–Crippen LogP) is 1.14. The van der Waals surface area contributed by atoms with Crippen molar-refractivity contribution in [2.45, 2.75) is 30.6 Å². The molecule has 2 aliphatic heterocycles. The van der Waals surface area contributed by atoms with Gasteiger partial charge in [0.2, 0.25) is 5.28 Å². The highest BCUT2D eigenvalue weighted by atomic mass is 35.5. The van der Waals surface area contributed by atoms with E-state index < -0.39 is 24.0 Å². The fourth-order valence-electron chi connectivity index (χ4n) is 4.01. The topological polar surface area (TPSA) is 106 Å². The van der Waals surface area contributed by atoms with Crippen LogP contribution in [0.25, 0.3) is 11.2 Å². The lowest BCUT2D eigenvalue weighted by atomic mass is 10.0. The van der Waals surface area contributed by atoms with E-state index in [2.05, 4.69) is 15.0 Å². The Morgan fingerprint density at radius 2 is 2.10 bits per heavy atom. The van der Waals surface area contributed by atoms with Crippen molar-refractivity contribution in [2.75, 3.05) is 25.2 Å². The van der Waals surface area contributed by atoms with Crippen LogP contribution in [0, 0.1) is 0 Å². The number of fused-ring (bicyclic) bond motifs is 3. The zero-order valence-electron chi connectivity index (χ0n) is 15.6. The molecule has 29 heavy (non-hydrogen) atoms. The number of aliphatic hydroxyl groups is 2. The predicted molar refractivity (Wildman–Crippen MR) is 105 cm³/mol. The maximum Gasteiger partial charge on any atom is 0.226 e. The van der Waals surface area contributed by atoms with Crippen LogP contribution in [0.4, 0.5) is 5.82 Å². The van der Waals surface area contributed by atoms with Gasteiger partial charge in [0, 0.05) is 13.6 Å². The molecule has 1 aromatic carbocycles. The van der Waals surface area contributed by atoms with E-state index in [1.807, 2.05) is 42.3 Å². The quantitative estimate of drug-likeness (QED) is 0.595. The molecule has 2 aliphatic rings. The van der Waals surface area contributed by atoms with Crippen LogP contribution in [0.5, 0.6) is 0 Å². The lowest BCUT2D eigenvalue weighted by Crippen LogP contribution is -2.44. The van der Waals surface area contributed by atoms with E-state index in [0.29, 0.717) is 23.5 Å². The van der Waals surface area contributed by atoms with Gasteiger partial charge in [0.15, 0.2) is 23.2 Å². The molecule has 2 bridgehead atoms. The Kier molecular flexibility index (Phi) is 4.45. The van der Waals surface area contributed by atoms with E-state index in [0.717, 1.165) is 5.56 Å². The first-order valence-corrected chi connectivity index (χ1v) is 9.64. The number of hydrogen-bond donors (Lipinski definition) is 2. The van der Waals surface area contributed by atoms with Crippen molar-refractivity contribution >= 4 is 28.6 Å². The molecule has 2 N–H and O–H groups in total. The smallest absolute Gasteiger partial charge is 0.226 e. The average Bonchev–Trinajstić information content (AvgIpc) is 3.37. The summed E-state index contributed by atoms with van der Waals surface area (Å²) in [5, 5.41) is 20.3. The van der Waals surface area contributed by atoms with Crippen LogP contribution in [0.1, 0.15) is 11.8 Å². The summed E-state index contributed by atoms with van der Waals surface area (Å²) in [6, 6.07) is 10.00. The van der Waals surface area contributed by atoms with Gasteiger partial charge < -0.3 is 24.6 Å². The van der Waals surface area contributed by atoms with Crippen LogP contribution in [-0.2, 0) is 16.0 Å². The summed E-state index contributed by atoms with van der Waals surface area (Å²) in [5.74, 6) is 0.587. The van der Waals surface area contributed by atoms with Crippen LogP contribution in [0.3, 0.4) is 0 Å². The van der Waals surface area contributed by atoms with Gasteiger partial charge in [0.25, 0.3) is 0 Å². The van der Waals surface area contributed by atoms with Crippen LogP contribution in [-0.4, -0.2) is 67.8 Å². The molecule has 3 aromatic rings. The number of anilines is 1. The lowest BCUT2D eigenvalue weighted by molar-refractivity contribution is -0.185. The first-order chi connectivity index (χ1) is 14.0. The highest BCUT2D eigenvalue weighted by molar-refractivity contribution is 6.28. The van der Waals surface area contributed by atoms with Gasteiger partial charge in [-0.15, -0.1) is 0 Å². The van der Waals surface area contributed by atoms with Crippen molar-refractivity contribution < 1.29 is 19.7 Å². The molecule has 2 fully saturated rings. The minimum atomic E-state index is -1.13. The van der Waals surface area contributed by atoms with Crippen LogP contribution >= 0.6 is 11.6 Å². The first-order valence-electron chi connectivity index (χ1n) is 9.26. The van der Waals surface area contributed by atoms with E-state index in [-0.39, 0.29) is 18.5 Å². The molecule has 0 unspecified atom stereocenters. The van der Waals surface area contributed by atoms with Gasteiger partial charge in [-0.1, -0.05) is 30.3 Å². The highest BCUT2D eigenvalue weighted by Crippen LogP contribution is 2.45. The van der Waals surface area contributed by atoms with Crippen molar-refractivity contribution in [1.29, 1.82) is 0 Å². The summed E-state index contributed by atoms with van der Waals surface area (Å²) in [4.78, 5) is 15.1. The van der Waals surface area contributed by atoms with E-state index in [4.69, 9.17) is 21.1 Å². The van der Waals surface area contributed by atoms with E-state index in [1.54, 1.807) is 10.9 Å². The third kappa shape index (κ3) is 2.89. The van der Waals surface area contributed by atoms with Crippen molar-refractivity contribution in [1.82, 2.24) is 19.5 Å². The Hall–Kier alpha value is -2.30. The Balaban J connectivity index is 1.52. The largest absolute Gasteiger partial charge is 0.393 e. The number of rotatable bonds is 5. The molecule has 0 amide bonds. The van der Waals surface area contributed by atoms with Gasteiger partial charge in [-0.05, 0) is 17.2 Å². The number of benzene rings is 1. The van der Waals surface area contributed by atoms with Crippen LogP contribution < -0.4 is 4.90 Å². The number of halogens is 1. The Labute approximate surface area is 171 Å². The molecule has 4 heterocycles. The van der Waals surface area contributed by atoms with E-state index in [9.17, 15) is 10.2 Å². The molecule has 9 nitrogen and oxygen atoms in total. The summed E-state index contributed by atoms with van der Waals surface area (Å²) in [5.41, 5.74) is 1.03. The van der Waals surface area contributed by atoms with Crippen LogP contribution in [0.15, 0.2) is 36.7 Å². The fourth-order valence-corrected chi connectivity index (χ4v) is 4.17. The van der Waals surface area contributed by atoms with Gasteiger partial charge in [-0.2, -0.15) is 9.97 Å². The SMILES string of the molecule is CN(Cc1ccccc1)c1nc(Cl)nc2c1ncn2[C@@H]1O[C@@]2(CO)CO[C@@H]1[C@@H]2O. The average molecular weight is 418 g/mol. The molecule has 0 spiro atoms. The van der Waals surface area contributed by atoms with Gasteiger partial charge >= 0.3 is 0 Å². The minimum absolute atomic E-state index is 0.0793. The Morgan fingerprint density at radius 3 is 2.83 bits per heavy atom. The van der Waals surface area contributed by atoms with Gasteiger partial charge in [0.1, 0.15) is 17.8 Å². The molecule has 10 heteroatoms. The van der Waals surface area contributed by atoms with Crippen LogP contribution in [0.2, 0.25) is 5.28 Å². The normalized spacial score (nSPS) is 28.3. The number of aliphatic hydroxyl groups excluding tert-OH is 2. The monoisotopic (exact) mass is 417 g/mol. The zero-order chi connectivity index (χ0) is 20.2. The van der Waals surface area contributed by atoms with Crippen molar-refractivity contribution in [3.05, 3.63) is 47.5 Å². The number of hydrogen-bond acceptors (Lipinski definition) is 8. The summed E-state index contributed by atoms with van der Waals surface area (Å²) >= 11 is 6.22. The summed E-state index contributed by atoms with van der Waals surface area (Å²) in [6.07, 6.45) is -0.664. The standard InChI is InChI=1S/C19H20ClN5O4/c1-24(7-11-5-3-2-4-6-11)15-12-16(23-18(20)22-15)25(10-21-12)17-13-14(27)19(8-26,29-17)9-28-13/h2-6,10,13-14,17,26-27H,7-9H2,1H3/t13-,14+,17-,19+/m1/s1. The second-order valence-electron chi connectivity index (χ2n) is 7.43. The van der Waals surface area contributed by atoms with E-state index in [1.165, 1.54) is 0 Å². The maximum absolute atomic E-state index is 10.5.